The molecule has 3 nitrogen and oxygen atoms in total. The third kappa shape index (κ3) is 3.42. The highest BCUT2D eigenvalue weighted by atomic mass is 16.2. The molecule has 0 saturated carbocycles. The first kappa shape index (κ1) is 14.4. The summed E-state index contributed by atoms with van der Waals surface area (Å²) in [5.41, 5.74) is 6.04. The van der Waals surface area contributed by atoms with E-state index >= 15 is 0 Å². The molecule has 0 fully saturated rings. The van der Waals surface area contributed by atoms with Gasteiger partial charge >= 0.3 is 0 Å². The van der Waals surface area contributed by atoms with Crippen molar-refractivity contribution in [2.75, 3.05) is 0 Å². The molecule has 0 heterocycles. The molecule has 0 aliphatic heterocycles. The third-order valence-electron chi connectivity index (χ3n) is 3.39. The van der Waals surface area contributed by atoms with Crippen LogP contribution in [-0.2, 0) is 16.1 Å². The van der Waals surface area contributed by atoms with Crippen molar-refractivity contribution in [3.63, 3.8) is 0 Å². The number of rotatable bonds is 4. The summed E-state index contributed by atoms with van der Waals surface area (Å²) in [5, 5.41) is 2.81. The summed E-state index contributed by atoms with van der Waals surface area (Å²) in [6.45, 7) is 10.2. The molecule has 0 aliphatic carbocycles. The number of ketones is 1. The highest BCUT2D eigenvalue weighted by Gasteiger charge is 2.10. The minimum atomic E-state index is -0.208. The van der Waals surface area contributed by atoms with E-state index in [0.29, 0.717) is 6.54 Å². The Hall–Kier alpha value is -1.64. The van der Waals surface area contributed by atoms with Crippen LogP contribution in [0.25, 0.3) is 0 Å². The molecule has 18 heavy (non-hydrogen) atoms. The maximum absolute atomic E-state index is 11.5. The molecule has 0 aliphatic rings. The van der Waals surface area contributed by atoms with Gasteiger partial charge < -0.3 is 5.32 Å². The zero-order valence-corrected chi connectivity index (χ0v) is 11.8. The topological polar surface area (TPSA) is 46.2 Å². The third-order valence-corrected chi connectivity index (χ3v) is 3.39. The van der Waals surface area contributed by atoms with E-state index in [0.717, 1.165) is 5.56 Å². The Bertz CT molecular complexity index is 464. The van der Waals surface area contributed by atoms with Crippen LogP contribution < -0.4 is 5.32 Å². The minimum Gasteiger partial charge on any atom is -0.352 e. The van der Waals surface area contributed by atoms with E-state index in [9.17, 15) is 9.59 Å². The van der Waals surface area contributed by atoms with Gasteiger partial charge in [-0.25, -0.2) is 0 Å². The first-order valence-corrected chi connectivity index (χ1v) is 6.15. The number of carbonyl (C=O) groups excluding carboxylic acids is 2. The lowest BCUT2D eigenvalue weighted by Gasteiger charge is -2.15. The molecule has 0 spiro atoms. The van der Waals surface area contributed by atoms with E-state index in [1.54, 1.807) is 0 Å². The Morgan fingerprint density at radius 2 is 1.56 bits per heavy atom. The van der Waals surface area contributed by atoms with E-state index in [-0.39, 0.29) is 18.1 Å². The summed E-state index contributed by atoms with van der Waals surface area (Å²) in [4.78, 5) is 22.3. The van der Waals surface area contributed by atoms with Gasteiger partial charge in [0.25, 0.3) is 0 Å². The van der Waals surface area contributed by atoms with Gasteiger partial charge in [0.05, 0.1) is 6.42 Å². The molecule has 1 aromatic carbocycles. The molecule has 1 rings (SSSR count). The lowest BCUT2D eigenvalue weighted by molar-refractivity contribution is -0.127. The van der Waals surface area contributed by atoms with Gasteiger partial charge in [-0.3, -0.25) is 9.59 Å². The van der Waals surface area contributed by atoms with Crippen LogP contribution >= 0.6 is 0 Å². The molecule has 1 aromatic rings. The maximum atomic E-state index is 11.5. The van der Waals surface area contributed by atoms with Gasteiger partial charge in [-0.2, -0.15) is 0 Å². The first-order chi connectivity index (χ1) is 8.32. The quantitative estimate of drug-likeness (QED) is 0.831. The fourth-order valence-electron chi connectivity index (χ4n) is 2.04. The summed E-state index contributed by atoms with van der Waals surface area (Å²) in [5.74, 6) is -0.318. The molecular formula is C15H21NO2. The van der Waals surface area contributed by atoms with Crippen molar-refractivity contribution in [2.45, 2.75) is 47.6 Å². The normalized spacial score (nSPS) is 10.3. The van der Waals surface area contributed by atoms with E-state index in [4.69, 9.17) is 0 Å². The summed E-state index contributed by atoms with van der Waals surface area (Å²) in [6, 6.07) is 2.16. The number of amides is 1. The summed E-state index contributed by atoms with van der Waals surface area (Å²) < 4.78 is 0. The smallest absolute Gasteiger partial charge is 0.227 e. The fourth-order valence-corrected chi connectivity index (χ4v) is 2.04. The number of hydrogen-bond donors (Lipinski definition) is 1. The van der Waals surface area contributed by atoms with Crippen LogP contribution in [0.2, 0.25) is 0 Å². The van der Waals surface area contributed by atoms with Crippen LogP contribution in [0.3, 0.4) is 0 Å². The molecule has 1 N–H and O–H groups in total. The number of benzene rings is 1. The molecule has 0 aromatic heterocycles. The van der Waals surface area contributed by atoms with E-state index in [1.165, 1.54) is 29.2 Å². The zero-order valence-electron chi connectivity index (χ0n) is 11.8. The number of Topliss-reactive ketones (excluding diaryl/α,β-unsaturated/α-hetero) is 1. The lowest BCUT2D eigenvalue weighted by atomic mass is 9.94. The van der Waals surface area contributed by atoms with Crippen molar-refractivity contribution in [2.24, 2.45) is 0 Å². The Morgan fingerprint density at radius 3 is 2.00 bits per heavy atom. The van der Waals surface area contributed by atoms with Gasteiger partial charge in [-0.05, 0) is 62.4 Å². The molecule has 1 amide bonds. The van der Waals surface area contributed by atoms with E-state index in [2.05, 4.69) is 39.1 Å². The number of carbonyl (C=O) groups is 2. The van der Waals surface area contributed by atoms with E-state index < -0.39 is 0 Å². The van der Waals surface area contributed by atoms with Crippen molar-refractivity contribution in [1.29, 1.82) is 0 Å². The Labute approximate surface area is 109 Å². The largest absolute Gasteiger partial charge is 0.352 e. The summed E-state index contributed by atoms with van der Waals surface area (Å²) in [7, 11) is 0. The monoisotopic (exact) mass is 247 g/mol. The average molecular weight is 247 g/mol. The van der Waals surface area contributed by atoms with E-state index in [1.807, 2.05) is 0 Å². The van der Waals surface area contributed by atoms with Crippen molar-refractivity contribution >= 4 is 11.7 Å². The van der Waals surface area contributed by atoms with Gasteiger partial charge in [-0.15, -0.1) is 0 Å². The van der Waals surface area contributed by atoms with Gasteiger partial charge in [0.1, 0.15) is 5.78 Å². The van der Waals surface area contributed by atoms with Gasteiger partial charge in [0.2, 0.25) is 5.91 Å². The van der Waals surface area contributed by atoms with Crippen molar-refractivity contribution in [3.05, 3.63) is 33.9 Å². The van der Waals surface area contributed by atoms with Crippen molar-refractivity contribution < 1.29 is 9.59 Å². The van der Waals surface area contributed by atoms with Crippen LogP contribution in [0.1, 0.15) is 41.2 Å². The average Bonchev–Trinajstić information content (AvgIpc) is 2.25. The molecule has 98 valence electrons. The summed E-state index contributed by atoms with van der Waals surface area (Å²) in [6.07, 6.45) is -0.0388. The lowest BCUT2D eigenvalue weighted by Crippen LogP contribution is -2.25. The number of aryl methyl sites for hydroxylation is 2. The minimum absolute atomic E-state index is 0.0388. The molecule has 0 atom stereocenters. The Balaban J connectivity index is 2.85. The van der Waals surface area contributed by atoms with Gasteiger partial charge in [0, 0.05) is 6.54 Å². The van der Waals surface area contributed by atoms with Crippen molar-refractivity contribution in [1.82, 2.24) is 5.32 Å². The second-order valence-corrected chi connectivity index (χ2v) is 4.89. The number of hydrogen-bond acceptors (Lipinski definition) is 2. The Morgan fingerprint density at radius 1 is 1.06 bits per heavy atom. The molecule has 3 heteroatoms. The molecule has 0 bridgehead atoms. The van der Waals surface area contributed by atoms with Crippen LogP contribution in [0.5, 0.6) is 0 Å². The van der Waals surface area contributed by atoms with Crippen LogP contribution in [0.15, 0.2) is 6.07 Å². The summed E-state index contributed by atoms with van der Waals surface area (Å²) >= 11 is 0. The Kier molecular flexibility index (Phi) is 4.65. The van der Waals surface area contributed by atoms with Crippen LogP contribution in [0, 0.1) is 27.7 Å². The van der Waals surface area contributed by atoms with Crippen molar-refractivity contribution in [3.8, 4) is 0 Å². The predicted molar refractivity (Wildman–Crippen MR) is 72.5 cm³/mol. The standard InChI is InChI=1S/C15H21NO2/c1-9-6-10(2)13(5)14(12(9)4)8-16-15(18)7-11(3)17/h6H,7-8H2,1-5H3,(H,16,18). The zero-order chi connectivity index (χ0) is 13.9. The molecule has 0 unspecified atom stereocenters. The fraction of sp³-hybridized carbons (Fsp3) is 0.467. The second kappa shape index (κ2) is 5.80. The van der Waals surface area contributed by atoms with Gasteiger partial charge in [-0.1, -0.05) is 6.07 Å². The molecule has 0 radical (unpaired) electrons. The predicted octanol–water partition coefficient (Wildman–Crippen LogP) is 2.52. The molecule has 0 saturated heterocycles. The number of nitrogens with one attached hydrogen (secondary N) is 1. The maximum Gasteiger partial charge on any atom is 0.227 e. The highest BCUT2D eigenvalue weighted by molar-refractivity contribution is 5.96. The second-order valence-electron chi connectivity index (χ2n) is 4.89. The SMILES string of the molecule is CC(=O)CC(=O)NCc1c(C)c(C)cc(C)c1C. The van der Waals surface area contributed by atoms with Gasteiger partial charge in [0.15, 0.2) is 0 Å². The van der Waals surface area contributed by atoms with Crippen LogP contribution in [-0.4, -0.2) is 11.7 Å². The molecular weight excluding hydrogens is 226 g/mol. The van der Waals surface area contributed by atoms with Crippen LogP contribution in [0.4, 0.5) is 0 Å². The highest BCUT2D eigenvalue weighted by Crippen LogP contribution is 2.21. The first-order valence-electron chi connectivity index (χ1n) is 6.15.